The molecule has 182 valence electrons. The molecule has 0 radical (unpaired) electrons. The van der Waals surface area contributed by atoms with Gasteiger partial charge in [0.25, 0.3) is 5.91 Å². The van der Waals surface area contributed by atoms with Crippen molar-refractivity contribution in [1.82, 2.24) is 4.90 Å². The number of aromatic carboxylic acids is 1. The molecular formula is C30H33NO4. The minimum Gasteiger partial charge on any atom is -0.489 e. The van der Waals surface area contributed by atoms with E-state index in [1.165, 1.54) is 12.8 Å². The Labute approximate surface area is 207 Å². The number of nitrogens with zero attached hydrogens (tertiary/aromatic N) is 1. The fraction of sp³-hybridized carbons (Fsp3) is 0.333. The first-order valence-corrected chi connectivity index (χ1v) is 12.5. The van der Waals surface area contributed by atoms with Crippen molar-refractivity contribution in [3.8, 4) is 16.9 Å². The lowest BCUT2D eigenvalue weighted by molar-refractivity contribution is 0.0691. The normalized spacial score (nSPS) is 14.9. The number of aryl methyl sites for hydroxylation is 1. The molecule has 2 aliphatic rings. The highest BCUT2D eigenvalue weighted by atomic mass is 16.5. The third-order valence-corrected chi connectivity index (χ3v) is 6.81. The predicted molar refractivity (Wildman–Crippen MR) is 138 cm³/mol. The second-order valence-electron chi connectivity index (χ2n) is 9.01. The molecular weight excluding hydrogens is 438 g/mol. The predicted octanol–water partition coefficient (Wildman–Crippen LogP) is 6.86. The smallest absolute Gasteiger partial charge is 0.335 e. The van der Waals surface area contributed by atoms with Crippen LogP contribution < -0.4 is 4.74 Å². The van der Waals surface area contributed by atoms with Gasteiger partial charge in [-0.25, -0.2) is 4.79 Å². The van der Waals surface area contributed by atoms with E-state index in [-0.39, 0.29) is 5.91 Å². The second kappa shape index (κ2) is 10.8. The quantitative estimate of drug-likeness (QED) is 0.426. The van der Waals surface area contributed by atoms with Gasteiger partial charge < -0.3 is 14.7 Å². The van der Waals surface area contributed by atoms with Crippen LogP contribution in [0.2, 0.25) is 0 Å². The third-order valence-electron chi connectivity index (χ3n) is 6.81. The van der Waals surface area contributed by atoms with Gasteiger partial charge in [0.1, 0.15) is 12.4 Å². The first kappa shape index (κ1) is 24.5. The van der Waals surface area contributed by atoms with Crippen molar-refractivity contribution < 1.29 is 19.4 Å². The van der Waals surface area contributed by atoms with Crippen LogP contribution in [0.15, 0.2) is 60.7 Å². The van der Waals surface area contributed by atoms with Crippen molar-refractivity contribution >= 4 is 11.9 Å². The lowest BCUT2D eigenvalue weighted by Gasteiger charge is -2.23. The summed E-state index contributed by atoms with van der Waals surface area (Å²) in [6, 6.07) is 19.6. The Hall–Kier alpha value is -3.60. The summed E-state index contributed by atoms with van der Waals surface area (Å²) in [6.45, 7) is 6.87. The molecule has 0 aromatic heterocycles. The zero-order chi connectivity index (χ0) is 24.9. The summed E-state index contributed by atoms with van der Waals surface area (Å²) in [5.41, 5.74) is 5.66. The first-order valence-electron chi connectivity index (χ1n) is 12.5. The maximum Gasteiger partial charge on any atom is 0.335 e. The van der Waals surface area contributed by atoms with E-state index in [9.17, 15) is 14.7 Å². The average Bonchev–Trinajstić information content (AvgIpc) is 3.52. The van der Waals surface area contributed by atoms with E-state index in [0.29, 0.717) is 30.5 Å². The molecule has 5 nitrogen and oxygen atoms in total. The number of fused-ring (bicyclic) bond motifs is 1. The molecule has 35 heavy (non-hydrogen) atoms. The molecule has 1 saturated carbocycles. The number of ether oxygens (including phenoxy) is 1. The number of carbonyl (C=O) groups excluding carboxylic acids is 1. The Bertz CT molecular complexity index is 1230. The van der Waals surface area contributed by atoms with Crippen LogP contribution in [0, 0.1) is 6.92 Å². The van der Waals surface area contributed by atoms with E-state index in [2.05, 4.69) is 0 Å². The molecule has 1 N–H and O–H groups in total. The Morgan fingerprint density at radius 2 is 1.74 bits per heavy atom. The van der Waals surface area contributed by atoms with E-state index in [0.717, 1.165) is 46.2 Å². The monoisotopic (exact) mass is 471 g/mol. The fourth-order valence-corrected chi connectivity index (χ4v) is 4.94. The Balaban J connectivity index is 0.00000141. The highest BCUT2D eigenvalue weighted by Gasteiger charge is 2.34. The number of benzene rings is 3. The first-order chi connectivity index (χ1) is 17.0. The average molecular weight is 472 g/mol. The number of amides is 1. The molecule has 3 aromatic rings. The number of rotatable bonds is 6. The van der Waals surface area contributed by atoms with Gasteiger partial charge in [-0.1, -0.05) is 63.1 Å². The van der Waals surface area contributed by atoms with Gasteiger partial charge in [-0.3, -0.25) is 4.79 Å². The van der Waals surface area contributed by atoms with Crippen molar-refractivity contribution in [2.24, 2.45) is 0 Å². The fourth-order valence-electron chi connectivity index (χ4n) is 4.94. The summed E-state index contributed by atoms with van der Waals surface area (Å²) in [5.74, 6) is -0.117. The highest BCUT2D eigenvalue weighted by Crippen LogP contribution is 2.33. The second-order valence-corrected chi connectivity index (χ2v) is 9.01. The summed E-state index contributed by atoms with van der Waals surface area (Å²) < 4.78 is 6.03. The molecule has 5 rings (SSSR count). The maximum atomic E-state index is 12.9. The zero-order valence-electron chi connectivity index (χ0n) is 20.7. The van der Waals surface area contributed by atoms with Crippen molar-refractivity contribution in [3.63, 3.8) is 0 Å². The van der Waals surface area contributed by atoms with Crippen molar-refractivity contribution in [3.05, 3.63) is 88.5 Å². The van der Waals surface area contributed by atoms with Gasteiger partial charge in [0.05, 0.1) is 5.56 Å². The molecule has 1 fully saturated rings. The van der Waals surface area contributed by atoms with Crippen LogP contribution in [0.25, 0.3) is 11.1 Å². The van der Waals surface area contributed by atoms with Gasteiger partial charge in [0.15, 0.2) is 0 Å². The van der Waals surface area contributed by atoms with E-state index in [4.69, 9.17) is 4.74 Å². The van der Waals surface area contributed by atoms with Crippen LogP contribution in [0.1, 0.15) is 76.9 Å². The molecule has 1 aliphatic carbocycles. The number of carboxylic acid groups (broad SMARTS) is 1. The van der Waals surface area contributed by atoms with Crippen LogP contribution in [-0.4, -0.2) is 27.9 Å². The van der Waals surface area contributed by atoms with E-state index in [1.807, 2.05) is 73.3 Å². The van der Waals surface area contributed by atoms with Crippen LogP contribution in [0.5, 0.6) is 5.75 Å². The van der Waals surface area contributed by atoms with Gasteiger partial charge in [0, 0.05) is 18.2 Å². The lowest BCUT2D eigenvalue weighted by atomic mass is 9.98. The third kappa shape index (κ3) is 5.24. The van der Waals surface area contributed by atoms with Crippen LogP contribution >= 0.6 is 0 Å². The summed E-state index contributed by atoms with van der Waals surface area (Å²) in [6.07, 6.45) is 4.62. The number of carbonyl (C=O) groups is 2. The SMILES string of the molecule is CC.Cc1ccc(-c2cccc(COc3ccc4c(c3)C(=O)N(C3CCCC3)C4)c2)cc1C(=O)O. The summed E-state index contributed by atoms with van der Waals surface area (Å²) >= 11 is 0. The summed E-state index contributed by atoms with van der Waals surface area (Å²) in [4.78, 5) is 26.4. The van der Waals surface area contributed by atoms with Crippen molar-refractivity contribution in [2.75, 3.05) is 0 Å². The highest BCUT2D eigenvalue weighted by molar-refractivity contribution is 5.99. The molecule has 0 bridgehead atoms. The van der Waals surface area contributed by atoms with Gasteiger partial charge in [-0.2, -0.15) is 0 Å². The van der Waals surface area contributed by atoms with E-state index in [1.54, 1.807) is 13.0 Å². The maximum absolute atomic E-state index is 12.9. The number of hydrogen-bond acceptors (Lipinski definition) is 3. The zero-order valence-corrected chi connectivity index (χ0v) is 20.7. The molecule has 0 atom stereocenters. The molecule has 0 spiro atoms. The molecule has 3 aromatic carbocycles. The minimum absolute atomic E-state index is 0.123. The van der Waals surface area contributed by atoms with Gasteiger partial charge in [-0.15, -0.1) is 0 Å². The number of carboxylic acids is 1. The molecule has 0 unspecified atom stereocenters. The molecule has 1 heterocycles. The van der Waals surface area contributed by atoms with Crippen LogP contribution in [-0.2, 0) is 13.2 Å². The van der Waals surface area contributed by atoms with Crippen LogP contribution in [0.3, 0.4) is 0 Å². The van der Waals surface area contributed by atoms with E-state index >= 15 is 0 Å². The van der Waals surface area contributed by atoms with Crippen molar-refractivity contribution in [1.29, 1.82) is 0 Å². The van der Waals surface area contributed by atoms with Crippen LogP contribution in [0.4, 0.5) is 0 Å². The van der Waals surface area contributed by atoms with E-state index < -0.39 is 5.97 Å². The molecule has 1 amide bonds. The molecule has 1 aliphatic heterocycles. The van der Waals surface area contributed by atoms with Gasteiger partial charge in [-0.05, 0) is 71.8 Å². The Morgan fingerprint density at radius 3 is 2.49 bits per heavy atom. The Morgan fingerprint density at radius 1 is 1.00 bits per heavy atom. The number of hydrogen-bond donors (Lipinski definition) is 1. The van der Waals surface area contributed by atoms with Gasteiger partial charge >= 0.3 is 5.97 Å². The summed E-state index contributed by atoms with van der Waals surface area (Å²) in [7, 11) is 0. The van der Waals surface area contributed by atoms with Gasteiger partial charge in [0.2, 0.25) is 0 Å². The Kier molecular flexibility index (Phi) is 7.54. The van der Waals surface area contributed by atoms with Crippen molar-refractivity contribution in [2.45, 2.75) is 65.6 Å². The topological polar surface area (TPSA) is 66.8 Å². The minimum atomic E-state index is -0.925. The lowest BCUT2D eigenvalue weighted by Crippen LogP contribution is -2.33. The molecule has 0 saturated heterocycles. The summed E-state index contributed by atoms with van der Waals surface area (Å²) in [5, 5.41) is 9.42. The largest absolute Gasteiger partial charge is 0.489 e. The standard InChI is InChI=1S/C28H27NO4.C2H6/c1-18-9-10-21(14-25(18)28(31)32)20-6-4-5-19(13-20)17-33-24-12-11-22-16-29(23-7-2-3-8-23)27(30)26(22)15-24;1-2/h4-6,9-15,23H,2-3,7-8,16-17H2,1H3,(H,31,32);1-2H3. The molecule has 5 heteroatoms.